The summed E-state index contributed by atoms with van der Waals surface area (Å²) in [4.78, 5) is 39.6. The molecule has 2 aliphatic rings. The Labute approximate surface area is 171 Å². The lowest BCUT2D eigenvalue weighted by atomic mass is 9.69. The molecule has 0 saturated carbocycles. The van der Waals surface area contributed by atoms with Gasteiger partial charge in [0.2, 0.25) is 5.91 Å². The Balaban J connectivity index is 1.80. The number of hydrogen-bond donors (Lipinski definition) is 1. The number of ether oxygens (including phenoxy) is 1. The first-order valence-electron chi connectivity index (χ1n) is 9.52. The largest absolute Gasteiger partial charge is 0.465 e. The Morgan fingerprint density at radius 1 is 1.21 bits per heavy atom. The summed E-state index contributed by atoms with van der Waals surface area (Å²) in [6, 6.07) is 9.56. The lowest BCUT2D eigenvalue weighted by molar-refractivity contribution is -0.152. The standard InChI is InChI=1S/C22H20FNO4S/c1-2-28-22(27)20-15(17-4-3-9-29-17)10-16-19(21(20)26)14(11-18(25)24-16)12-5-7-13(23)8-6-12/h3-9,14-15,20H,2,10-11H2,1H3,(H,24,25). The summed E-state index contributed by atoms with van der Waals surface area (Å²) in [7, 11) is 0. The van der Waals surface area contributed by atoms with Crippen LogP contribution in [0.5, 0.6) is 0 Å². The molecule has 1 amide bonds. The van der Waals surface area contributed by atoms with Crippen LogP contribution in [0.3, 0.4) is 0 Å². The molecule has 0 radical (unpaired) electrons. The van der Waals surface area contributed by atoms with Gasteiger partial charge < -0.3 is 10.1 Å². The van der Waals surface area contributed by atoms with Gasteiger partial charge in [-0.15, -0.1) is 11.3 Å². The number of esters is 1. The molecule has 29 heavy (non-hydrogen) atoms. The molecule has 3 atom stereocenters. The third-order valence-electron chi connectivity index (χ3n) is 5.45. The van der Waals surface area contributed by atoms with Crippen LogP contribution in [0.2, 0.25) is 0 Å². The Hall–Kier alpha value is -2.80. The number of thiophene rings is 1. The summed E-state index contributed by atoms with van der Waals surface area (Å²) in [6.07, 6.45) is 0.448. The van der Waals surface area contributed by atoms with Crippen LogP contribution in [-0.2, 0) is 19.1 Å². The van der Waals surface area contributed by atoms with Crippen LogP contribution in [0.15, 0.2) is 53.0 Å². The maximum atomic E-state index is 13.6. The van der Waals surface area contributed by atoms with Crippen LogP contribution in [0.25, 0.3) is 0 Å². The predicted molar refractivity (Wildman–Crippen MR) is 106 cm³/mol. The van der Waals surface area contributed by atoms with Crippen LogP contribution in [0.4, 0.5) is 4.39 Å². The zero-order chi connectivity index (χ0) is 20.5. The smallest absolute Gasteiger partial charge is 0.317 e. The molecule has 5 nitrogen and oxygen atoms in total. The number of nitrogens with one attached hydrogen (secondary N) is 1. The Morgan fingerprint density at radius 3 is 2.62 bits per heavy atom. The molecule has 4 rings (SSSR count). The van der Waals surface area contributed by atoms with E-state index >= 15 is 0 Å². The molecule has 3 unspecified atom stereocenters. The van der Waals surface area contributed by atoms with Gasteiger partial charge in [0.15, 0.2) is 5.78 Å². The lowest BCUT2D eigenvalue weighted by Gasteiger charge is -2.37. The number of halogens is 1. The maximum absolute atomic E-state index is 13.6. The van der Waals surface area contributed by atoms with Gasteiger partial charge >= 0.3 is 5.97 Å². The van der Waals surface area contributed by atoms with Crippen LogP contribution in [0.1, 0.15) is 42.0 Å². The zero-order valence-corrected chi connectivity index (χ0v) is 16.6. The number of hydrogen-bond acceptors (Lipinski definition) is 5. The van der Waals surface area contributed by atoms with Crippen molar-refractivity contribution < 1.29 is 23.5 Å². The molecule has 2 heterocycles. The van der Waals surface area contributed by atoms with Gasteiger partial charge in [-0.3, -0.25) is 14.4 Å². The van der Waals surface area contributed by atoms with Crippen LogP contribution >= 0.6 is 11.3 Å². The van der Waals surface area contributed by atoms with E-state index in [0.717, 1.165) is 4.88 Å². The number of amides is 1. The first kappa shape index (κ1) is 19.5. The summed E-state index contributed by atoms with van der Waals surface area (Å²) in [5.74, 6) is -3.29. The summed E-state index contributed by atoms with van der Waals surface area (Å²) in [5.41, 5.74) is 1.67. The second-order valence-electron chi connectivity index (χ2n) is 7.17. The molecule has 1 aliphatic heterocycles. The second kappa shape index (κ2) is 7.91. The fraction of sp³-hybridized carbons (Fsp3) is 0.318. The van der Waals surface area contributed by atoms with Crippen molar-refractivity contribution >= 4 is 29.0 Å². The van der Waals surface area contributed by atoms with Gasteiger partial charge in [-0.25, -0.2) is 4.39 Å². The monoisotopic (exact) mass is 413 g/mol. The topological polar surface area (TPSA) is 72.5 Å². The number of ketones is 1. The first-order chi connectivity index (χ1) is 14.0. The van der Waals surface area contributed by atoms with Crippen LogP contribution in [-0.4, -0.2) is 24.3 Å². The van der Waals surface area contributed by atoms with Crippen molar-refractivity contribution in [1.29, 1.82) is 0 Å². The van der Waals surface area contributed by atoms with Gasteiger partial charge in [-0.2, -0.15) is 0 Å². The minimum absolute atomic E-state index is 0.0788. The Kier molecular flexibility index (Phi) is 5.32. The highest BCUT2D eigenvalue weighted by Gasteiger charge is 2.47. The van der Waals surface area contributed by atoms with Gasteiger partial charge in [0, 0.05) is 34.4 Å². The average Bonchev–Trinajstić information content (AvgIpc) is 3.22. The van der Waals surface area contributed by atoms with E-state index in [1.807, 2.05) is 17.5 Å². The third-order valence-corrected chi connectivity index (χ3v) is 6.45. The number of carbonyl (C=O) groups excluding carboxylic acids is 3. The molecule has 1 aliphatic carbocycles. The lowest BCUT2D eigenvalue weighted by Crippen LogP contribution is -2.44. The summed E-state index contributed by atoms with van der Waals surface area (Å²) >= 11 is 1.47. The van der Waals surface area contributed by atoms with E-state index in [-0.39, 0.29) is 36.5 Å². The highest BCUT2D eigenvalue weighted by Crippen LogP contribution is 2.46. The highest BCUT2D eigenvalue weighted by molar-refractivity contribution is 7.10. The van der Waals surface area contributed by atoms with Crippen molar-refractivity contribution in [3.8, 4) is 0 Å². The fourth-order valence-corrected chi connectivity index (χ4v) is 5.07. The molecule has 1 N–H and O–H groups in total. The zero-order valence-electron chi connectivity index (χ0n) is 15.8. The second-order valence-corrected chi connectivity index (χ2v) is 8.15. The van der Waals surface area contributed by atoms with Gasteiger partial charge in [-0.1, -0.05) is 18.2 Å². The van der Waals surface area contributed by atoms with Gasteiger partial charge in [0.25, 0.3) is 0 Å². The first-order valence-corrected chi connectivity index (χ1v) is 10.4. The molecule has 0 spiro atoms. The molecule has 1 aromatic carbocycles. The van der Waals surface area contributed by atoms with E-state index in [1.165, 1.54) is 23.5 Å². The minimum Gasteiger partial charge on any atom is -0.465 e. The molecule has 2 aromatic rings. The number of benzene rings is 1. The molecule has 0 bridgehead atoms. The van der Waals surface area contributed by atoms with Crippen molar-refractivity contribution in [1.82, 2.24) is 5.32 Å². The summed E-state index contributed by atoms with van der Waals surface area (Å²) in [6.45, 7) is 1.89. The van der Waals surface area contributed by atoms with Gasteiger partial charge in [0.05, 0.1) is 6.61 Å². The van der Waals surface area contributed by atoms with Crippen molar-refractivity contribution in [2.24, 2.45) is 5.92 Å². The van der Waals surface area contributed by atoms with Crippen LogP contribution in [0, 0.1) is 11.7 Å². The van der Waals surface area contributed by atoms with Crippen molar-refractivity contribution in [3.05, 3.63) is 69.3 Å². The molecule has 0 fully saturated rings. The van der Waals surface area contributed by atoms with Crippen molar-refractivity contribution in [2.45, 2.75) is 31.6 Å². The summed E-state index contributed by atoms with van der Waals surface area (Å²) in [5, 5.41) is 4.74. The summed E-state index contributed by atoms with van der Waals surface area (Å²) < 4.78 is 18.6. The number of Topliss-reactive ketones (excluding diaryl/α,β-unsaturated/α-hetero) is 1. The van der Waals surface area contributed by atoms with E-state index in [4.69, 9.17) is 4.74 Å². The molecule has 150 valence electrons. The minimum atomic E-state index is -0.953. The highest BCUT2D eigenvalue weighted by atomic mass is 32.1. The fourth-order valence-electron chi connectivity index (χ4n) is 4.20. The van der Waals surface area contributed by atoms with E-state index in [0.29, 0.717) is 23.3 Å². The number of rotatable bonds is 4. The van der Waals surface area contributed by atoms with E-state index in [1.54, 1.807) is 19.1 Å². The SMILES string of the molecule is CCOC(=O)C1C(=O)C2=C(CC1c1cccs1)NC(=O)CC2c1ccc(F)cc1. The van der Waals surface area contributed by atoms with Gasteiger partial charge in [-0.05, 0) is 42.5 Å². The van der Waals surface area contributed by atoms with E-state index in [2.05, 4.69) is 5.32 Å². The molecular formula is C22H20FNO4S. The molecule has 7 heteroatoms. The maximum Gasteiger partial charge on any atom is 0.317 e. The Morgan fingerprint density at radius 2 is 1.97 bits per heavy atom. The van der Waals surface area contributed by atoms with Crippen molar-refractivity contribution in [3.63, 3.8) is 0 Å². The van der Waals surface area contributed by atoms with Gasteiger partial charge in [0.1, 0.15) is 11.7 Å². The molecular weight excluding hydrogens is 393 g/mol. The van der Waals surface area contributed by atoms with E-state index < -0.39 is 17.8 Å². The Bertz CT molecular complexity index is 981. The van der Waals surface area contributed by atoms with Crippen LogP contribution < -0.4 is 5.32 Å². The van der Waals surface area contributed by atoms with Crippen molar-refractivity contribution in [2.75, 3.05) is 6.61 Å². The average molecular weight is 413 g/mol. The van der Waals surface area contributed by atoms with E-state index in [9.17, 15) is 18.8 Å². The third kappa shape index (κ3) is 3.62. The quantitative estimate of drug-likeness (QED) is 0.613. The number of allylic oxidation sites excluding steroid dienone is 2. The molecule has 0 saturated heterocycles. The predicted octanol–water partition coefficient (Wildman–Crippen LogP) is 3.68. The normalized spacial score (nSPS) is 24.1. The number of carbonyl (C=O) groups is 3. The molecule has 1 aromatic heterocycles.